The Bertz CT molecular complexity index is 1350. The van der Waals surface area contributed by atoms with Crippen LogP contribution >= 0.6 is 11.6 Å². The standard InChI is InChI=1S/C29H28ClN3O2/c1-18-2-4-20(5-3-18)29(35)32-25-14-15-26-22(16-25)17-27(33-26)19-8-12-24(13-9-19)31-28(34)21-6-10-23(30)11-7-21/h6-18,20,33H,2-5H2,1H3,(H,31,34)(H,32,35). The van der Waals surface area contributed by atoms with Gasteiger partial charge < -0.3 is 15.6 Å². The molecule has 3 aromatic carbocycles. The van der Waals surface area contributed by atoms with Crippen LogP contribution in [0.1, 0.15) is 43.0 Å². The van der Waals surface area contributed by atoms with Crippen molar-refractivity contribution in [3.8, 4) is 11.3 Å². The SMILES string of the molecule is CC1CCC(C(=O)Nc2ccc3[nH]c(-c4ccc(NC(=O)c5ccc(Cl)cc5)cc4)cc3c2)CC1. The molecule has 1 aliphatic carbocycles. The van der Waals surface area contributed by atoms with Crippen LogP contribution in [0.3, 0.4) is 0 Å². The first-order valence-electron chi connectivity index (χ1n) is 12.1. The molecule has 0 aliphatic heterocycles. The first-order chi connectivity index (χ1) is 16.9. The van der Waals surface area contributed by atoms with E-state index in [1.165, 1.54) is 0 Å². The molecule has 3 N–H and O–H groups in total. The summed E-state index contributed by atoms with van der Waals surface area (Å²) in [6.07, 6.45) is 4.20. The maximum Gasteiger partial charge on any atom is 0.255 e. The van der Waals surface area contributed by atoms with Gasteiger partial charge >= 0.3 is 0 Å². The Morgan fingerprint density at radius 2 is 1.51 bits per heavy atom. The van der Waals surface area contributed by atoms with Crippen LogP contribution in [0, 0.1) is 11.8 Å². The molecule has 5 nitrogen and oxygen atoms in total. The molecule has 0 atom stereocenters. The number of H-pyrrole nitrogens is 1. The molecule has 0 radical (unpaired) electrons. The van der Waals surface area contributed by atoms with E-state index in [0.717, 1.165) is 59.4 Å². The van der Waals surface area contributed by atoms with Gasteiger partial charge in [0.15, 0.2) is 0 Å². The lowest BCUT2D eigenvalue weighted by Crippen LogP contribution is -2.26. The van der Waals surface area contributed by atoms with Crippen LogP contribution in [-0.4, -0.2) is 16.8 Å². The molecule has 1 aliphatic rings. The fourth-order valence-electron chi connectivity index (χ4n) is 4.67. The number of rotatable bonds is 5. The Morgan fingerprint density at radius 1 is 0.829 bits per heavy atom. The second kappa shape index (κ2) is 9.96. The van der Waals surface area contributed by atoms with Gasteiger partial charge in [0, 0.05) is 44.5 Å². The first-order valence-corrected chi connectivity index (χ1v) is 12.4. The summed E-state index contributed by atoms with van der Waals surface area (Å²) < 4.78 is 0. The summed E-state index contributed by atoms with van der Waals surface area (Å²) >= 11 is 5.90. The van der Waals surface area contributed by atoms with Crippen molar-refractivity contribution in [2.24, 2.45) is 11.8 Å². The molecule has 0 spiro atoms. The Morgan fingerprint density at radius 3 is 2.23 bits per heavy atom. The van der Waals surface area contributed by atoms with Gasteiger partial charge in [0.05, 0.1) is 0 Å². The van der Waals surface area contributed by atoms with Crippen LogP contribution < -0.4 is 10.6 Å². The molecule has 5 rings (SSSR count). The van der Waals surface area contributed by atoms with Crippen LogP contribution in [-0.2, 0) is 4.79 Å². The highest BCUT2D eigenvalue weighted by Crippen LogP contribution is 2.31. The minimum atomic E-state index is -0.183. The van der Waals surface area contributed by atoms with Crippen LogP contribution in [0.15, 0.2) is 72.8 Å². The van der Waals surface area contributed by atoms with Crippen LogP contribution in [0.2, 0.25) is 5.02 Å². The third-order valence-corrected chi connectivity index (χ3v) is 7.09. The molecule has 1 heterocycles. The van der Waals surface area contributed by atoms with E-state index in [1.807, 2.05) is 42.5 Å². The molecule has 4 aromatic rings. The average Bonchev–Trinajstić information content (AvgIpc) is 3.29. The van der Waals surface area contributed by atoms with E-state index in [4.69, 9.17) is 11.6 Å². The van der Waals surface area contributed by atoms with E-state index in [-0.39, 0.29) is 17.7 Å². The van der Waals surface area contributed by atoms with E-state index >= 15 is 0 Å². The zero-order valence-corrected chi connectivity index (χ0v) is 20.4. The summed E-state index contributed by atoms with van der Waals surface area (Å²) in [6, 6.07) is 22.5. The third kappa shape index (κ3) is 5.41. The summed E-state index contributed by atoms with van der Waals surface area (Å²) in [5, 5.41) is 7.65. The van der Waals surface area contributed by atoms with E-state index in [1.54, 1.807) is 24.3 Å². The van der Waals surface area contributed by atoms with Crippen LogP contribution in [0.25, 0.3) is 22.2 Å². The zero-order chi connectivity index (χ0) is 24.4. The number of benzene rings is 3. The molecular formula is C29H28ClN3O2. The number of aromatic amines is 1. The Hall–Kier alpha value is -3.57. The average molecular weight is 486 g/mol. The first kappa shape index (κ1) is 23.2. The van der Waals surface area contributed by atoms with E-state index in [9.17, 15) is 9.59 Å². The van der Waals surface area contributed by atoms with Gasteiger partial charge in [-0.1, -0.05) is 30.7 Å². The number of hydrogen-bond donors (Lipinski definition) is 3. The normalized spacial score (nSPS) is 17.8. The Labute approximate surface area is 209 Å². The van der Waals surface area contributed by atoms with Crippen molar-refractivity contribution in [3.63, 3.8) is 0 Å². The van der Waals surface area contributed by atoms with Gasteiger partial charge in [-0.3, -0.25) is 9.59 Å². The highest BCUT2D eigenvalue weighted by molar-refractivity contribution is 6.30. The molecular weight excluding hydrogens is 458 g/mol. The number of fused-ring (bicyclic) bond motifs is 1. The fourth-order valence-corrected chi connectivity index (χ4v) is 4.80. The number of amides is 2. The summed E-state index contributed by atoms with van der Waals surface area (Å²) in [6.45, 7) is 2.26. The summed E-state index contributed by atoms with van der Waals surface area (Å²) in [5.74, 6) is 0.783. The van der Waals surface area contributed by atoms with E-state index in [2.05, 4.69) is 28.6 Å². The van der Waals surface area contributed by atoms with Crippen LogP contribution in [0.4, 0.5) is 11.4 Å². The van der Waals surface area contributed by atoms with Gasteiger partial charge in [0.2, 0.25) is 5.91 Å². The van der Waals surface area contributed by atoms with Crippen molar-refractivity contribution >= 4 is 45.7 Å². The van der Waals surface area contributed by atoms with E-state index in [0.29, 0.717) is 16.3 Å². The lowest BCUT2D eigenvalue weighted by atomic mass is 9.82. The molecule has 1 fully saturated rings. The molecule has 2 amide bonds. The molecule has 0 unspecified atom stereocenters. The lowest BCUT2D eigenvalue weighted by Gasteiger charge is -2.25. The highest BCUT2D eigenvalue weighted by atomic mass is 35.5. The summed E-state index contributed by atoms with van der Waals surface area (Å²) in [7, 11) is 0. The second-order valence-corrected chi connectivity index (χ2v) is 9.91. The molecule has 6 heteroatoms. The third-order valence-electron chi connectivity index (χ3n) is 6.84. The number of hydrogen-bond acceptors (Lipinski definition) is 2. The number of anilines is 2. The lowest BCUT2D eigenvalue weighted by molar-refractivity contribution is -0.121. The van der Waals surface area contributed by atoms with E-state index < -0.39 is 0 Å². The van der Waals surface area contributed by atoms with Gasteiger partial charge in [-0.25, -0.2) is 0 Å². The predicted octanol–water partition coefficient (Wildman–Crippen LogP) is 7.51. The van der Waals surface area contributed by atoms with Gasteiger partial charge in [0.25, 0.3) is 5.91 Å². The van der Waals surface area contributed by atoms with Crippen molar-refractivity contribution in [2.45, 2.75) is 32.6 Å². The zero-order valence-electron chi connectivity index (χ0n) is 19.6. The molecule has 1 saturated carbocycles. The summed E-state index contributed by atoms with van der Waals surface area (Å²) in [4.78, 5) is 28.6. The maximum absolute atomic E-state index is 12.7. The number of carbonyl (C=O) groups excluding carboxylic acids is 2. The Balaban J connectivity index is 1.26. The molecule has 35 heavy (non-hydrogen) atoms. The van der Waals surface area contributed by atoms with Crippen molar-refractivity contribution in [3.05, 3.63) is 83.4 Å². The maximum atomic E-state index is 12.7. The summed E-state index contributed by atoms with van der Waals surface area (Å²) in [5.41, 5.74) is 5.08. The topological polar surface area (TPSA) is 74.0 Å². The van der Waals surface area contributed by atoms with Gasteiger partial charge in [-0.2, -0.15) is 0 Å². The molecule has 1 aromatic heterocycles. The quantitative estimate of drug-likeness (QED) is 0.273. The van der Waals surface area contributed by atoms with Crippen molar-refractivity contribution in [1.29, 1.82) is 0 Å². The van der Waals surface area contributed by atoms with Gasteiger partial charge in [0.1, 0.15) is 0 Å². The number of aromatic nitrogens is 1. The van der Waals surface area contributed by atoms with Crippen molar-refractivity contribution in [2.75, 3.05) is 10.6 Å². The minimum absolute atomic E-state index is 0.113. The Kier molecular flexibility index (Phi) is 6.60. The fraction of sp³-hybridized carbons (Fsp3) is 0.241. The van der Waals surface area contributed by atoms with Crippen LogP contribution in [0.5, 0.6) is 0 Å². The van der Waals surface area contributed by atoms with Crippen molar-refractivity contribution in [1.82, 2.24) is 4.98 Å². The number of nitrogens with one attached hydrogen (secondary N) is 3. The second-order valence-electron chi connectivity index (χ2n) is 9.47. The van der Waals surface area contributed by atoms with Gasteiger partial charge in [-0.05, 0) is 97.8 Å². The van der Waals surface area contributed by atoms with Crippen molar-refractivity contribution < 1.29 is 9.59 Å². The smallest absolute Gasteiger partial charge is 0.255 e. The molecule has 178 valence electrons. The highest BCUT2D eigenvalue weighted by Gasteiger charge is 2.24. The molecule has 0 saturated heterocycles. The monoisotopic (exact) mass is 485 g/mol. The predicted molar refractivity (Wildman–Crippen MR) is 143 cm³/mol. The van der Waals surface area contributed by atoms with Gasteiger partial charge in [-0.15, -0.1) is 0 Å². The molecule has 0 bridgehead atoms. The minimum Gasteiger partial charge on any atom is -0.355 e. The number of halogens is 1. The number of carbonyl (C=O) groups is 2. The largest absolute Gasteiger partial charge is 0.355 e.